The van der Waals surface area contributed by atoms with Gasteiger partial charge in [0, 0.05) is 39.9 Å². The fourth-order valence-electron chi connectivity index (χ4n) is 2.03. The maximum Gasteiger partial charge on any atom is 0.0599 e. The van der Waals surface area contributed by atoms with Crippen LogP contribution in [0.5, 0.6) is 0 Å². The molecule has 1 aliphatic heterocycles. The first-order valence-electron chi connectivity index (χ1n) is 5.27. The van der Waals surface area contributed by atoms with Crippen LogP contribution in [-0.2, 0) is 9.47 Å². The third-order valence-corrected chi connectivity index (χ3v) is 2.98. The van der Waals surface area contributed by atoms with Crippen molar-refractivity contribution < 1.29 is 9.47 Å². The molecule has 2 unspecified atom stereocenters. The van der Waals surface area contributed by atoms with Crippen LogP contribution in [0.2, 0.25) is 0 Å². The fourth-order valence-corrected chi connectivity index (χ4v) is 2.03. The van der Waals surface area contributed by atoms with Gasteiger partial charge in [0.2, 0.25) is 0 Å². The molecule has 0 bridgehead atoms. The molecule has 0 saturated carbocycles. The maximum atomic E-state index is 5.74. The Morgan fingerprint density at radius 3 is 2.79 bits per heavy atom. The van der Waals surface area contributed by atoms with E-state index in [9.17, 15) is 0 Å². The zero-order valence-corrected chi connectivity index (χ0v) is 9.24. The van der Waals surface area contributed by atoms with Crippen molar-refractivity contribution >= 4 is 0 Å². The first-order chi connectivity index (χ1) is 6.81. The van der Waals surface area contributed by atoms with E-state index >= 15 is 0 Å². The Labute approximate surface area is 86.3 Å². The molecule has 2 atom stereocenters. The predicted molar refractivity (Wildman–Crippen MR) is 56.3 cm³/mol. The molecule has 2 N–H and O–H groups in total. The minimum atomic E-state index is 0.391. The normalized spacial score (nSPS) is 29.4. The average Bonchev–Trinajstić information content (AvgIpc) is 2.26. The monoisotopic (exact) mass is 202 g/mol. The van der Waals surface area contributed by atoms with Crippen LogP contribution in [0, 0.1) is 0 Å². The van der Waals surface area contributed by atoms with Crippen LogP contribution in [0.1, 0.15) is 12.8 Å². The Morgan fingerprint density at radius 1 is 1.43 bits per heavy atom. The average molecular weight is 202 g/mol. The van der Waals surface area contributed by atoms with Gasteiger partial charge in [0.05, 0.1) is 12.7 Å². The molecule has 0 aromatic rings. The molecule has 0 aromatic carbocycles. The molecule has 4 heteroatoms. The van der Waals surface area contributed by atoms with Gasteiger partial charge in [-0.25, -0.2) is 0 Å². The van der Waals surface area contributed by atoms with Gasteiger partial charge in [-0.05, 0) is 12.8 Å². The van der Waals surface area contributed by atoms with E-state index < -0.39 is 0 Å². The van der Waals surface area contributed by atoms with Gasteiger partial charge in [-0.1, -0.05) is 0 Å². The van der Waals surface area contributed by atoms with Crippen molar-refractivity contribution in [2.75, 3.05) is 40.5 Å². The minimum Gasteiger partial charge on any atom is -0.383 e. The number of methoxy groups -OCH3 is 2. The molecule has 0 amide bonds. The number of hydrogen-bond acceptors (Lipinski definition) is 4. The number of rotatable bonds is 5. The molecular weight excluding hydrogens is 180 g/mol. The molecule has 1 aliphatic rings. The number of piperidine rings is 1. The number of hydrogen-bond donors (Lipinski definition) is 1. The lowest BCUT2D eigenvalue weighted by Gasteiger charge is -2.38. The van der Waals surface area contributed by atoms with Crippen LogP contribution in [0.3, 0.4) is 0 Å². The Bertz CT molecular complexity index is 155. The summed E-state index contributed by atoms with van der Waals surface area (Å²) in [6.45, 7) is 3.55. The number of nitrogens with zero attached hydrogens (tertiary/aromatic N) is 1. The second-order valence-corrected chi connectivity index (χ2v) is 3.80. The van der Waals surface area contributed by atoms with Crippen molar-refractivity contribution in [3.05, 3.63) is 0 Å². The van der Waals surface area contributed by atoms with Crippen LogP contribution in [-0.4, -0.2) is 57.5 Å². The Hall–Kier alpha value is -0.160. The molecule has 84 valence electrons. The van der Waals surface area contributed by atoms with E-state index in [1.54, 1.807) is 14.2 Å². The second kappa shape index (κ2) is 6.35. The highest BCUT2D eigenvalue weighted by atomic mass is 16.5. The van der Waals surface area contributed by atoms with E-state index in [0.717, 1.165) is 32.5 Å². The summed E-state index contributed by atoms with van der Waals surface area (Å²) in [6.07, 6.45) is 2.55. The molecule has 1 saturated heterocycles. The Kier molecular flexibility index (Phi) is 5.40. The second-order valence-electron chi connectivity index (χ2n) is 3.80. The summed E-state index contributed by atoms with van der Waals surface area (Å²) < 4.78 is 10.4. The number of likely N-dealkylation sites (tertiary alicyclic amines) is 1. The molecule has 1 rings (SSSR count). The zero-order valence-electron chi connectivity index (χ0n) is 9.24. The molecule has 4 nitrogen and oxygen atoms in total. The highest BCUT2D eigenvalue weighted by Crippen LogP contribution is 2.18. The van der Waals surface area contributed by atoms with Gasteiger partial charge in [-0.2, -0.15) is 0 Å². The van der Waals surface area contributed by atoms with Crippen LogP contribution in [0.15, 0.2) is 0 Å². The van der Waals surface area contributed by atoms with E-state index in [2.05, 4.69) is 4.90 Å². The molecule has 0 radical (unpaired) electrons. The number of nitrogens with two attached hydrogens (primary N) is 1. The first-order valence-corrected chi connectivity index (χ1v) is 5.27. The standard InChI is InChI=1S/C10H22N2O2/c1-13-6-5-12-4-3-10(14-2)7-9(12)8-11/h9-10H,3-8,11H2,1-2H3. The molecular formula is C10H22N2O2. The molecule has 1 fully saturated rings. The predicted octanol–water partition coefficient (Wildman–Crippen LogP) is 0.0709. The first kappa shape index (κ1) is 11.9. The number of ether oxygens (including phenoxy) is 2. The molecule has 0 aliphatic carbocycles. The van der Waals surface area contributed by atoms with Gasteiger partial charge >= 0.3 is 0 Å². The smallest absolute Gasteiger partial charge is 0.0599 e. The molecule has 1 heterocycles. The largest absolute Gasteiger partial charge is 0.383 e. The highest BCUT2D eigenvalue weighted by Gasteiger charge is 2.26. The van der Waals surface area contributed by atoms with Crippen LogP contribution < -0.4 is 5.73 Å². The highest BCUT2D eigenvalue weighted by molar-refractivity contribution is 4.82. The summed E-state index contributed by atoms with van der Waals surface area (Å²) >= 11 is 0. The lowest BCUT2D eigenvalue weighted by molar-refractivity contribution is 0.00508. The summed E-state index contributed by atoms with van der Waals surface area (Å²) in [5, 5.41) is 0. The lowest BCUT2D eigenvalue weighted by atomic mass is 9.99. The molecule has 0 aromatic heterocycles. The topological polar surface area (TPSA) is 47.7 Å². The van der Waals surface area contributed by atoms with Gasteiger partial charge in [0.1, 0.15) is 0 Å². The van der Waals surface area contributed by atoms with Crippen molar-refractivity contribution in [3.8, 4) is 0 Å². The maximum absolute atomic E-state index is 5.74. The fraction of sp³-hybridized carbons (Fsp3) is 1.00. The summed E-state index contributed by atoms with van der Waals surface area (Å²) in [6, 6.07) is 0.462. The van der Waals surface area contributed by atoms with Gasteiger partial charge in [0.25, 0.3) is 0 Å². The van der Waals surface area contributed by atoms with Crippen LogP contribution >= 0.6 is 0 Å². The quantitative estimate of drug-likeness (QED) is 0.685. The Balaban J connectivity index is 2.35. The van der Waals surface area contributed by atoms with Crippen molar-refractivity contribution in [3.63, 3.8) is 0 Å². The summed E-state index contributed by atoms with van der Waals surface area (Å²) in [7, 11) is 3.52. The molecule has 0 spiro atoms. The van der Waals surface area contributed by atoms with Gasteiger partial charge in [-0.15, -0.1) is 0 Å². The van der Waals surface area contributed by atoms with Crippen LogP contribution in [0.4, 0.5) is 0 Å². The van der Waals surface area contributed by atoms with E-state index in [1.165, 1.54) is 0 Å². The Morgan fingerprint density at radius 2 is 2.21 bits per heavy atom. The van der Waals surface area contributed by atoms with E-state index in [4.69, 9.17) is 15.2 Å². The van der Waals surface area contributed by atoms with Crippen LogP contribution in [0.25, 0.3) is 0 Å². The lowest BCUT2D eigenvalue weighted by Crippen LogP contribution is -2.49. The molecule has 14 heavy (non-hydrogen) atoms. The minimum absolute atomic E-state index is 0.391. The summed E-state index contributed by atoms with van der Waals surface area (Å²) in [4.78, 5) is 2.40. The van der Waals surface area contributed by atoms with Gasteiger partial charge in [0.15, 0.2) is 0 Å². The third kappa shape index (κ3) is 3.20. The van der Waals surface area contributed by atoms with E-state index in [-0.39, 0.29) is 0 Å². The SMILES string of the molecule is COCCN1CCC(OC)CC1CN. The van der Waals surface area contributed by atoms with Gasteiger partial charge in [-0.3, -0.25) is 4.90 Å². The van der Waals surface area contributed by atoms with E-state index in [1.807, 2.05) is 0 Å². The zero-order chi connectivity index (χ0) is 10.4. The third-order valence-electron chi connectivity index (χ3n) is 2.98. The van der Waals surface area contributed by atoms with Crippen molar-refractivity contribution in [2.24, 2.45) is 5.73 Å². The summed E-state index contributed by atoms with van der Waals surface area (Å²) in [5.74, 6) is 0. The van der Waals surface area contributed by atoms with Gasteiger partial charge < -0.3 is 15.2 Å². The van der Waals surface area contributed by atoms with E-state index in [0.29, 0.717) is 18.7 Å². The van der Waals surface area contributed by atoms with Crippen molar-refractivity contribution in [1.29, 1.82) is 0 Å². The van der Waals surface area contributed by atoms with Crippen molar-refractivity contribution in [2.45, 2.75) is 25.0 Å². The summed E-state index contributed by atoms with van der Waals surface area (Å²) in [5.41, 5.74) is 5.74. The van der Waals surface area contributed by atoms with Crippen molar-refractivity contribution in [1.82, 2.24) is 4.90 Å².